The molecule has 0 saturated carbocycles. The molecular formula is C42H78N2O. The largest absolute Gasteiger partial charge is 0.396 e. The lowest BCUT2D eigenvalue weighted by Crippen LogP contribution is -2.14. The van der Waals surface area contributed by atoms with E-state index in [-0.39, 0.29) is 0 Å². The second-order valence-corrected chi connectivity index (χ2v) is 13.3. The zero-order valence-corrected chi connectivity index (χ0v) is 30.9. The van der Waals surface area contributed by atoms with Gasteiger partial charge in [-0.1, -0.05) is 145 Å². The minimum Gasteiger partial charge on any atom is -0.396 e. The van der Waals surface area contributed by atoms with E-state index in [1.54, 1.807) is 0 Å². The predicted octanol–water partition coefficient (Wildman–Crippen LogP) is 13.7. The summed E-state index contributed by atoms with van der Waals surface area (Å²) in [6, 6.07) is 0. The van der Waals surface area contributed by atoms with Gasteiger partial charge >= 0.3 is 0 Å². The summed E-state index contributed by atoms with van der Waals surface area (Å²) in [6.07, 6.45) is 53.2. The predicted molar refractivity (Wildman–Crippen MR) is 205 cm³/mol. The molecule has 262 valence electrons. The quantitative estimate of drug-likeness (QED) is 0.0302. The van der Waals surface area contributed by atoms with Crippen LogP contribution in [0.3, 0.4) is 0 Å². The van der Waals surface area contributed by atoms with E-state index in [1.165, 1.54) is 147 Å². The van der Waals surface area contributed by atoms with Gasteiger partial charge in [0.15, 0.2) is 0 Å². The van der Waals surface area contributed by atoms with Crippen LogP contribution in [0.1, 0.15) is 187 Å². The molecule has 0 aromatic carbocycles. The molecule has 0 heterocycles. The van der Waals surface area contributed by atoms with Crippen molar-refractivity contribution in [3.05, 3.63) is 48.6 Å². The van der Waals surface area contributed by atoms with Crippen LogP contribution in [0.5, 0.6) is 0 Å². The molecule has 0 fully saturated rings. The number of oxime groups is 1. The molecule has 0 atom stereocenters. The first-order chi connectivity index (χ1) is 22.2. The van der Waals surface area contributed by atoms with Crippen LogP contribution in [0.25, 0.3) is 0 Å². The number of unbranched alkanes of at least 4 members (excludes halogenated alkanes) is 18. The average molecular weight is 627 g/mol. The molecule has 0 unspecified atom stereocenters. The molecule has 0 amide bonds. The summed E-state index contributed by atoms with van der Waals surface area (Å²) in [5.74, 6) is 0. The van der Waals surface area contributed by atoms with Gasteiger partial charge in [0.05, 0.1) is 5.71 Å². The summed E-state index contributed by atoms with van der Waals surface area (Å²) >= 11 is 0. The van der Waals surface area contributed by atoms with Gasteiger partial charge in [-0.25, -0.2) is 0 Å². The van der Waals surface area contributed by atoms with Crippen molar-refractivity contribution in [2.75, 3.05) is 27.2 Å². The molecule has 0 rings (SSSR count). The Hall–Kier alpha value is -1.61. The summed E-state index contributed by atoms with van der Waals surface area (Å²) in [5, 5.41) is 4.61. The summed E-state index contributed by atoms with van der Waals surface area (Å²) in [7, 11) is 4.23. The molecule has 0 saturated heterocycles. The van der Waals surface area contributed by atoms with Crippen LogP contribution in [0.4, 0.5) is 0 Å². The fourth-order valence-corrected chi connectivity index (χ4v) is 5.43. The highest BCUT2D eigenvalue weighted by Crippen LogP contribution is 2.14. The van der Waals surface area contributed by atoms with Crippen molar-refractivity contribution in [1.29, 1.82) is 0 Å². The van der Waals surface area contributed by atoms with Crippen LogP contribution in [-0.4, -0.2) is 37.9 Å². The van der Waals surface area contributed by atoms with Gasteiger partial charge in [0, 0.05) is 6.54 Å². The SMILES string of the molecule is CCCCC/C=C\C/C=C\CCCCCCCCC(CCCCCCCC/C=C\C/C=C\CCCCC)=NOCCCN(C)C. The maximum absolute atomic E-state index is 5.75. The fraction of sp³-hybridized carbons (Fsp3) is 0.786. The molecule has 0 bridgehead atoms. The summed E-state index contributed by atoms with van der Waals surface area (Å²) < 4.78 is 0. The highest BCUT2D eigenvalue weighted by atomic mass is 16.6. The molecule has 0 N–H and O–H groups in total. The molecule has 0 aliphatic carbocycles. The second kappa shape index (κ2) is 38.6. The molecule has 0 spiro atoms. The Balaban J connectivity index is 3.94. The minimum atomic E-state index is 0.731. The smallest absolute Gasteiger partial charge is 0.118 e. The first-order valence-electron chi connectivity index (χ1n) is 19.6. The molecule has 3 heteroatoms. The van der Waals surface area contributed by atoms with Gasteiger partial charge in [0.2, 0.25) is 0 Å². The monoisotopic (exact) mass is 627 g/mol. The Kier molecular flexibility index (Phi) is 37.2. The van der Waals surface area contributed by atoms with Crippen LogP contribution in [-0.2, 0) is 4.84 Å². The third-order valence-corrected chi connectivity index (χ3v) is 8.37. The van der Waals surface area contributed by atoms with Crippen LogP contribution in [0, 0.1) is 0 Å². The molecule has 0 aromatic rings. The van der Waals surface area contributed by atoms with Crippen LogP contribution < -0.4 is 0 Å². The van der Waals surface area contributed by atoms with Crippen molar-refractivity contribution in [1.82, 2.24) is 4.90 Å². The van der Waals surface area contributed by atoms with E-state index in [1.807, 2.05) is 0 Å². The number of allylic oxidation sites excluding steroid dienone is 8. The molecule has 0 aliphatic heterocycles. The van der Waals surface area contributed by atoms with Crippen molar-refractivity contribution in [2.45, 2.75) is 187 Å². The summed E-state index contributed by atoms with van der Waals surface area (Å²) in [6.45, 7) is 6.33. The maximum atomic E-state index is 5.75. The topological polar surface area (TPSA) is 24.8 Å². The molecule has 45 heavy (non-hydrogen) atoms. The van der Waals surface area contributed by atoms with Crippen LogP contribution >= 0.6 is 0 Å². The lowest BCUT2D eigenvalue weighted by Gasteiger charge is -2.10. The van der Waals surface area contributed by atoms with Crippen molar-refractivity contribution in [2.24, 2.45) is 5.16 Å². The summed E-state index contributed by atoms with van der Waals surface area (Å²) in [4.78, 5) is 7.96. The van der Waals surface area contributed by atoms with Crippen LogP contribution in [0.15, 0.2) is 53.8 Å². The lowest BCUT2D eigenvalue weighted by atomic mass is 10.0. The normalized spacial score (nSPS) is 12.2. The van der Waals surface area contributed by atoms with Crippen LogP contribution in [0.2, 0.25) is 0 Å². The Bertz CT molecular complexity index is 668. The van der Waals surface area contributed by atoms with Gasteiger partial charge in [0.25, 0.3) is 0 Å². The molecule has 0 aliphatic rings. The molecule has 0 aromatic heterocycles. The first kappa shape index (κ1) is 43.4. The third-order valence-electron chi connectivity index (χ3n) is 8.37. The highest BCUT2D eigenvalue weighted by molar-refractivity contribution is 5.83. The second-order valence-electron chi connectivity index (χ2n) is 13.3. The van der Waals surface area contributed by atoms with Gasteiger partial charge in [-0.15, -0.1) is 0 Å². The molecular weight excluding hydrogens is 548 g/mol. The van der Waals surface area contributed by atoms with Gasteiger partial charge in [-0.3, -0.25) is 0 Å². The summed E-state index contributed by atoms with van der Waals surface area (Å²) in [5.41, 5.74) is 1.30. The van der Waals surface area contributed by atoms with E-state index < -0.39 is 0 Å². The average Bonchev–Trinajstić information content (AvgIpc) is 3.03. The van der Waals surface area contributed by atoms with Crippen molar-refractivity contribution in [3.8, 4) is 0 Å². The van der Waals surface area contributed by atoms with Crippen molar-refractivity contribution in [3.63, 3.8) is 0 Å². The van der Waals surface area contributed by atoms with Gasteiger partial charge in [-0.2, -0.15) is 0 Å². The van der Waals surface area contributed by atoms with Crippen molar-refractivity contribution < 1.29 is 4.84 Å². The van der Waals surface area contributed by atoms with Crippen molar-refractivity contribution >= 4 is 5.71 Å². The minimum absolute atomic E-state index is 0.731. The van der Waals surface area contributed by atoms with E-state index >= 15 is 0 Å². The Morgan fingerprint density at radius 1 is 0.467 bits per heavy atom. The van der Waals surface area contributed by atoms with Gasteiger partial charge in [0.1, 0.15) is 6.61 Å². The van der Waals surface area contributed by atoms with E-state index in [2.05, 4.69) is 86.6 Å². The zero-order valence-electron chi connectivity index (χ0n) is 30.9. The van der Waals surface area contributed by atoms with Gasteiger partial charge < -0.3 is 9.74 Å². The number of hydrogen-bond donors (Lipinski definition) is 0. The Morgan fingerprint density at radius 3 is 1.24 bits per heavy atom. The maximum Gasteiger partial charge on any atom is 0.118 e. The van der Waals surface area contributed by atoms with E-state index in [0.717, 1.165) is 45.3 Å². The fourth-order valence-electron chi connectivity index (χ4n) is 5.43. The number of hydrogen-bond acceptors (Lipinski definition) is 3. The third kappa shape index (κ3) is 38.5. The van der Waals surface area contributed by atoms with Gasteiger partial charge in [-0.05, 0) is 110 Å². The van der Waals surface area contributed by atoms with E-state index in [4.69, 9.17) is 4.84 Å². The first-order valence-corrected chi connectivity index (χ1v) is 19.6. The number of rotatable bonds is 35. The van der Waals surface area contributed by atoms with E-state index in [9.17, 15) is 0 Å². The molecule has 3 nitrogen and oxygen atoms in total. The Labute approximate surface area is 283 Å². The standard InChI is InChI=1S/C42H78N2O/c1-5-7-9-11-13-15-17-19-21-23-25-27-29-31-33-35-38-42(43-45-41-37-40-44(3)4)39-36-34-32-30-28-26-24-22-20-18-16-14-12-10-8-6-2/h13-16,19-22H,5-12,17-18,23-41H2,1-4H3/b15-13-,16-14-,21-19-,22-20-. The lowest BCUT2D eigenvalue weighted by molar-refractivity contribution is 0.133. The zero-order chi connectivity index (χ0) is 32.7. The Morgan fingerprint density at radius 2 is 0.844 bits per heavy atom. The highest BCUT2D eigenvalue weighted by Gasteiger charge is 2.03. The van der Waals surface area contributed by atoms with E-state index in [0.29, 0.717) is 0 Å². The number of nitrogens with zero attached hydrogens (tertiary/aromatic N) is 2. The molecule has 0 radical (unpaired) electrons.